The second kappa shape index (κ2) is 10.9. The van der Waals surface area contributed by atoms with Gasteiger partial charge in [0.2, 0.25) is 0 Å². The third-order valence-corrected chi connectivity index (χ3v) is 4.18. The van der Waals surface area contributed by atoms with Crippen LogP contribution in [0.3, 0.4) is 0 Å². The highest BCUT2D eigenvalue weighted by Crippen LogP contribution is 2.28. The van der Waals surface area contributed by atoms with Gasteiger partial charge in [-0.1, -0.05) is 13.3 Å². The molecule has 0 bridgehead atoms. The van der Waals surface area contributed by atoms with Gasteiger partial charge in [0.1, 0.15) is 0 Å². The van der Waals surface area contributed by atoms with Gasteiger partial charge in [-0.2, -0.15) is 0 Å². The first-order valence-electron chi connectivity index (χ1n) is 9.35. The van der Waals surface area contributed by atoms with Gasteiger partial charge in [0.15, 0.2) is 11.5 Å². The number of hydrogen-bond acceptors (Lipinski definition) is 5. The normalized spacial score (nSPS) is 15.0. The Morgan fingerprint density at radius 1 is 1.20 bits per heavy atom. The fraction of sp³-hybridized carbons (Fsp3) is 0.632. The second-order valence-corrected chi connectivity index (χ2v) is 6.14. The highest BCUT2D eigenvalue weighted by atomic mass is 16.5. The molecule has 1 amide bonds. The zero-order valence-corrected chi connectivity index (χ0v) is 15.5. The SMILES string of the molecule is CCCCOc1ccc(C(=O)NCCN2CCNCC2)cc1OCC. The van der Waals surface area contributed by atoms with Crippen LogP contribution in [-0.2, 0) is 0 Å². The zero-order chi connectivity index (χ0) is 17.9. The number of unbranched alkanes of at least 4 members (excludes halogenated alkanes) is 1. The van der Waals surface area contributed by atoms with Crippen molar-refractivity contribution in [3.05, 3.63) is 23.8 Å². The Morgan fingerprint density at radius 3 is 2.72 bits per heavy atom. The summed E-state index contributed by atoms with van der Waals surface area (Å²) in [6.45, 7) is 10.9. The molecule has 0 saturated carbocycles. The highest BCUT2D eigenvalue weighted by molar-refractivity contribution is 5.94. The standard InChI is InChI=1S/C19H31N3O3/c1-3-5-14-25-17-7-6-16(15-18(17)24-4-2)19(23)21-10-13-22-11-8-20-9-12-22/h6-7,15,20H,3-5,8-14H2,1-2H3,(H,21,23). The van der Waals surface area contributed by atoms with E-state index in [9.17, 15) is 4.79 Å². The molecular weight excluding hydrogens is 318 g/mol. The van der Waals surface area contributed by atoms with Crippen molar-refractivity contribution in [2.24, 2.45) is 0 Å². The molecule has 0 atom stereocenters. The summed E-state index contributed by atoms with van der Waals surface area (Å²) in [7, 11) is 0. The number of nitrogens with one attached hydrogen (secondary N) is 2. The van der Waals surface area contributed by atoms with Gasteiger partial charge in [0.25, 0.3) is 5.91 Å². The van der Waals surface area contributed by atoms with E-state index in [0.29, 0.717) is 36.8 Å². The topological polar surface area (TPSA) is 62.8 Å². The van der Waals surface area contributed by atoms with E-state index in [-0.39, 0.29) is 5.91 Å². The average Bonchev–Trinajstić information content (AvgIpc) is 2.64. The lowest BCUT2D eigenvalue weighted by molar-refractivity contribution is 0.0946. The number of ether oxygens (including phenoxy) is 2. The van der Waals surface area contributed by atoms with Gasteiger partial charge in [-0.25, -0.2) is 0 Å². The van der Waals surface area contributed by atoms with Crippen molar-refractivity contribution in [1.82, 2.24) is 15.5 Å². The van der Waals surface area contributed by atoms with Crippen molar-refractivity contribution in [2.75, 3.05) is 52.5 Å². The van der Waals surface area contributed by atoms with Crippen molar-refractivity contribution in [2.45, 2.75) is 26.7 Å². The minimum atomic E-state index is -0.0730. The minimum Gasteiger partial charge on any atom is -0.490 e. The van der Waals surface area contributed by atoms with Crippen LogP contribution < -0.4 is 20.1 Å². The van der Waals surface area contributed by atoms with Gasteiger partial charge in [0, 0.05) is 44.8 Å². The lowest BCUT2D eigenvalue weighted by Crippen LogP contribution is -2.46. The maximum absolute atomic E-state index is 12.4. The largest absolute Gasteiger partial charge is 0.490 e. The zero-order valence-electron chi connectivity index (χ0n) is 15.5. The number of amides is 1. The van der Waals surface area contributed by atoms with Crippen LogP contribution in [0.2, 0.25) is 0 Å². The van der Waals surface area contributed by atoms with E-state index in [0.717, 1.165) is 45.6 Å². The molecule has 1 aliphatic heterocycles. The number of benzene rings is 1. The van der Waals surface area contributed by atoms with E-state index < -0.39 is 0 Å². The molecule has 6 heteroatoms. The molecule has 1 aliphatic rings. The van der Waals surface area contributed by atoms with Crippen molar-refractivity contribution in [3.8, 4) is 11.5 Å². The van der Waals surface area contributed by atoms with Crippen LogP contribution in [0.15, 0.2) is 18.2 Å². The predicted octanol–water partition coefficient (Wildman–Crippen LogP) is 1.90. The molecule has 140 valence electrons. The number of rotatable bonds is 10. The van der Waals surface area contributed by atoms with Gasteiger partial charge < -0.3 is 20.1 Å². The number of carbonyl (C=O) groups is 1. The summed E-state index contributed by atoms with van der Waals surface area (Å²) in [5, 5.41) is 6.32. The van der Waals surface area contributed by atoms with Crippen molar-refractivity contribution < 1.29 is 14.3 Å². The third kappa shape index (κ3) is 6.55. The Bertz CT molecular complexity index is 531. The third-order valence-electron chi connectivity index (χ3n) is 4.18. The molecule has 0 unspecified atom stereocenters. The number of nitrogens with zero attached hydrogens (tertiary/aromatic N) is 1. The van der Waals surface area contributed by atoms with E-state index in [1.165, 1.54) is 0 Å². The first-order chi connectivity index (χ1) is 12.2. The number of carbonyl (C=O) groups excluding carboxylic acids is 1. The fourth-order valence-corrected chi connectivity index (χ4v) is 2.73. The van der Waals surface area contributed by atoms with Gasteiger partial charge in [-0.3, -0.25) is 9.69 Å². The number of piperazine rings is 1. The van der Waals surface area contributed by atoms with E-state index >= 15 is 0 Å². The van der Waals surface area contributed by atoms with Crippen molar-refractivity contribution in [1.29, 1.82) is 0 Å². The molecule has 1 saturated heterocycles. The molecule has 0 spiro atoms. The van der Waals surface area contributed by atoms with Crippen LogP contribution in [0.1, 0.15) is 37.0 Å². The smallest absolute Gasteiger partial charge is 0.251 e. The van der Waals surface area contributed by atoms with Gasteiger partial charge >= 0.3 is 0 Å². The molecule has 1 aromatic carbocycles. The summed E-state index contributed by atoms with van der Waals surface area (Å²) >= 11 is 0. The van der Waals surface area contributed by atoms with Crippen LogP contribution in [0.5, 0.6) is 11.5 Å². The first-order valence-corrected chi connectivity index (χ1v) is 9.35. The highest BCUT2D eigenvalue weighted by Gasteiger charge is 2.13. The van der Waals surface area contributed by atoms with Crippen molar-refractivity contribution in [3.63, 3.8) is 0 Å². The monoisotopic (exact) mass is 349 g/mol. The maximum atomic E-state index is 12.4. The molecule has 1 aromatic rings. The number of hydrogen-bond donors (Lipinski definition) is 2. The molecular formula is C19H31N3O3. The predicted molar refractivity (Wildman–Crippen MR) is 99.7 cm³/mol. The summed E-state index contributed by atoms with van der Waals surface area (Å²) in [6, 6.07) is 5.39. The first kappa shape index (κ1) is 19.5. The summed E-state index contributed by atoms with van der Waals surface area (Å²) in [6.07, 6.45) is 2.08. The van der Waals surface area contributed by atoms with E-state index in [4.69, 9.17) is 9.47 Å². The molecule has 2 rings (SSSR count). The van der Waals surface area contributed by atoms with E-state index in [1.54, 1.807) is 12.1 Å². The molecule has 6 nitrogen and oxygen atoms in total. The average molecular weight is 349 g/mol. The molecule has 1 heterocycles. The molecule has 0 radical (unpaired) electrons. The molecule has 1 fully saturated rings. The lowest BCUT2D eigenvalue weighted by Gasteiger charge is -2.27. The fourth-order valence-electron chi connectivity index (χ4n) is 2.73. The lowest BCUT2D eigenvalue weighted by atomic mass is 10.2. The summed E-state index contributed by atoms with van der Waals surface area (Å²) in [5.41, 5.74) is 0.603. The van der Waals surface area contributed by atoms with E-state index in [2.05, 4.69) is 22.5 Å². The van der Waals surface area contributed by atoms with Crippen LogP contribution in [0.4, 0.5) is 0 Å². The maximum Gasteiger partial charge on any atom is 0.251 e. The Labute approximate surface area is 150 Å². The van der Waals surface area contributed by atoms with Crippen LogP contribution in [0, 0.1) is 0 Å². The Morgan fingerprint density at radius 2 is 2.00 bits per heavy atom. The summed E-state index contributed by atoms with van der Waals surface area (Å²) < 4.78 is 11.4. The molecule has 0 aromatic heterocycles. The quantitative estimate of drug-likeness (QED) is 0.632. The van der Waals surface area contributed by atoms with Crippen LogP contribution in [0.25, 0.3) is 0 Å². The summed E-state index contributed by atoms with van der Waals surface area (Å²) in [4.78, 5) is 14.7. The molecule has 0 aliphatic carbocycles. The molecule has 25 heavy (non-hydrogen) atoms. The summed E-state index contributed by atoms with van der Waals surface area (Å²) in [5.74, 6) is 1.26. The van der Waals surface area contributed by atoms with Crippen LogP contribution >= 0.6 is 0 Å². The van der Waals surface area contributed by atoms with E-state index in [1.807, 2.05) is 13.0 Å². The van der Waals surface area contributed by atoms with Gasteiger partial charge in [-0.15, -0.1) is 0 Å². The van der Waals surface area contributed by atoms with Crippen LogP contribution in [-0.4, -0.2) is 63.3 Å². The molecule has 2 N–H and O–H groups in total. The second-order valence-electron chi connectivity index (χ2n) is 6.14. The minimum absolute atomic E-state index is 0.0730. The van der Waals surface area contributed by atoms with Crippen molar-refractivity contribution >= 4 is 5.91 Å². The van der Waals surface area contributed by atoms with Gasteiger partial charge in [0.05, 0.1) is 13.2 Å². The Balaban J connectivity index is 1.88. The van der Waals surface area contributed by atoms with Gasteiger partial charge in [-0.05, 0) is 31.5 Å². The Kier molecular flexibility index (Phi) is 8.55. The Hall–Kier alpha value is -1.79.